The maximum atomic E-state index is 12.8. The van der Waals surface area contributed by atoms with Gasteiger partial charge >= 0.3 is 0 Å². The minimum absolute atomic E-state index is 0.0527. The molecule has 154 valence electrons. The van der Waals surface area contributed by atoms with Gasteiger partial charge in [-0.3, -0.25) is 14.3 Å². The molecule has 1 saturated carbocycles. The summed E-state index contributed by atoms with van der Waals surface area (Å²) in [6, 6.07) is 1.89. The van der Waals surface area contributed by atoms with Gasteiger partial charge in [0.25, 0.3) is 0 Å². The number of pyridine rings is 1. The molecular weight excluding hydrogens is 390 g/mol. The molecule has 7 nitrogen and oxygen atoms in total. The van der Waals surface area contributed by atoms with Crippen LogP contribution in [0.1, 0.15) is 45.2 Å². The van der Waals surface area contributed by atoms with Crippen molar-refractivity contribution in [3.63, 3.8) is 0 Å². The summed E-state index contributed by atoms with van der Waals surface area (Å²) in [5, 5.41) is 10.9. The smallest absolute Gasteiger partial charge is 0.228 e. The largest absolute Gasteiger partial charge is 0.354 e. The quantitative estimate of drug-likeness (QED) is 0.800. The van der Waals surface area contributed by atoms with Gasteiger partial charge in [0.05, 0.1) is 11.2 Å². The number of nitrogens with zero attached hydrogens (tertiary/aromatic N) is 3. The number of carbonyl (C=O) groups excluding carboxylic acids is 2. The first kappa shape index (κ1) is 19.9. The van der Waals surface area contributed by atoms with E-state index in [0.717, 1.165) is 43.4 Å². The lowest BCUT2D eigenvalue weighted by atomic mass is 9.85. The van der Waals surface area contributed by atoms with E-state index in [1.165, 1.54) is 12.6 Å². The lowest BCUT2D eigenvalue weighted by Gasteiger charge is -2.28. The Morgan fingerprint density at radius 3 is 2.86 bits per heavy atom. The SMILES string of the molecule is CC(=O)NC1CCC[C@H](C(=O)Nc2cc(-c3cnn4c3CC(C)C4)c(Cl)cn2)C1. The molecule has 4 rings (SSSR count). The van der Waals surface area contributed by atoms with Gasteiger partial charge in [0.1, 0.15) is 5.82 Å². The molecule has 0 spiro atoms. The van der Waals surface area contributed by atoms with Crippen molar-refractivity contribution in [1.29, 1.82) is 0 Å². The van der Waals surface area contributed by atoms with Gasteiger partial charge in [-0.1, -0.05) is 24.9 Å². The molecule has 2 aromatic rings. The highest BCUT2D eigenvalue weighted by atomic mass is 35.5. The van der Waals surface area contributed by atoms with Crippen LogP contribution in [0, 0.1) is 11.8 Å². The van der Waals surface area contributed by atoms with Crippen molar-refractivity contribution in [2.75, 3.05) is 5.32 Å². The van der Waals surface area contributed by atoms with E-state index in [2.05, 4.69) is 27.6 Å². The average Bonchev–Trinajstić information content (AvgIpc) is 3.22. The predicted molar refractivity (Wildman–Crippen MR) is 112 cm³/mol. The van der Waals surface area contributed by atoms with E-state index in [4.69, 9.17) is 11.6 Å². The lowest BCUT2D eigenvalue weighted by molar-refractivity contribution is -0.123. The van der Waals surface area contributed by atoms with Crippen LogP contribution in [0.3, 0.4) is 0 Å². The number of fused-ring (bicyclic) bond motifs is 1. The molecule has 1 aliphatic heterocycles. The highest BCUT2D eigenvalue weighted by Crippen LogP contribution is 2.35. The van der Waals surface area contributed by atoms with Crippen LogP contribution in [-0.4, -0.2) is 32.6 Å². The average molecular weight is 416 g/mol. The summed E-state index contributed by atoms with van der Waals surface area (Å²) in [6.45, 7) is 4.63. The molecule has 2 N–H and O–H groups in total. The third-order valence-electron chi connectivity index (χ3n) is 5.82. The Bertz CT molecular complexity index is 941. The van der Waals surface area contributed by atoms with Crippen LogP contribution in [0.15, 0.2) is 18.5 Å². The summed E-state index contributed by atoms with van der Waals surface area (Å²) in [5.41, 5.74) is 3.01. The van der Waals surface area contributed by atoms with Gasteiger partial charge in [-0.2, -0.15) is 5.10 Å². The second kappa shape index (κ2) is 8.14. The van der Waals surface area contributed by atoms with Crippen LogP contribution in [0.5, 0.6) is 0 Å². The zero-order valence-electron chi connectivity index (χ0n) is 16.7. The third kappa shape index (κ3) is 4.29. The fraction of sp³-hybridized carbons (Fsp3) is 0.524. The van der Waals surface area contributed by atoms with Crippen molar-refractivity contribution in [3.05, 3.63) is 29.2 Å². The Kier molecular flexibility index (Phi) is 5.58. The number of anilines is 1. The second-order valence-corrected chi connectivity index (χ2v) is 8.70. The summed E-state index contributed by atoms with van der Waals surface area (Å²) < 4.78 is 2.03. The van der Waals surface area contributed by atoms with Crippen LogP contribution in [0.25, 0.3) is 11.1 Å². The van der Waals surface area contributed by atoms with Crippen LogP contribution >= 0.6 is 11.6 Å². The molecule has 2 aliphatic rings. The molecule has 1 aliphatic carbocycles. The molecule has 3 heterocycles. The maximum Gasteiger partial charge on any atom is 0.228 e. The molecule has 0 bridgehead atoms. The number of hydrogen-bond acceptors (Lipinski definition) is 4. The summed E-state index contributed by atoms with van der Waals surface area (Å²) in [6.07, 6.45) is 7.68. The molecular formula is C21H26ClN5O2. The number of rotatable bonds is 4. The fourth-order valence-corrected chi connectivity index (χ4v) is 4.69. The summed E-state index contributed by atoms with van der Waals surface area (Å²) in [4.78, 5) is 28.4. The number of nitrogens with one attached hydrogen (secondary N) is 2. The first-order valence-corrected chi connectivity index (χ1v) is 10.6. The van der Waals surface area contributed by atoms with Crippen molar-refractivity contribution in [2.24, 2.45) is 11.8 Å². The Balaban J connectivity index is 1.50. The minimum Gasteiger partial charge on any atom is -0.354 e. The van der Waals surface area contributed by atoms with Crippen molar-refractivity contribution >= 4 is 29.2 Å². The fourth-order valence-electron chi connectivity index (χ4n) is 4.49. The monoisotopic (exact) mass is 415 g/mol. The predicted octanol–water partition coefficient (Wildman–Crippen LogP) is 3.42. The van der Waals surface area contributed by atoms with Crippen LogP contribution in [-0.2, 0) is 22.6 Å². The van der Waals surface area contributed by atoms with Gasteiger partial charge in [-0.05, 0) is 37.7 Å². The Morgan fingerprint density at radius 1 is 1.24 bits per heavy atom. The zero-order chi connectivity index (χ0) is 20.5. The molecule has 0 radical (unpaired) electrons. The van der Waals surface area contributed by atoms with Crippen LogP contribution in [0.2, 0.25) is 5.02 Å². The van der Waals surface area contributed by atoms with Crippen molar-refractivity contribution < 1.29 is 9.59 Å². The second-order valence-electron chi connectivity index (χ2n) is 8.30. The van der Waals surface area contributed by atoms with Crippen LogP contribution in [0.4, 0.5) is 5.82 Å². The van der Waals surface area contributed by atoms with E-state index in [9.17, 15) is 9.59 Å². The van der Waals surface area contributed by atoms with Crippen LogP contribution < -0.4 is 10.6 Å². The summed E-state index contributed by atoms with van der Waals surface area (Å²) in [7, 11) is 0. The highest BCUT2D eigenvalue weighted by Gasteiger charge is 2.28. The van der Waals surface area contributed by atoms with E-state index in [-0.39, 0.29) is 23.8 Å². The molecule has 2 unspecified atom stereocenters. The van der Waals surface area contributed by atoms with Crippen molar-refractivity contribution in [1.82, 2.24) is 20.1 Å². The Morgan fingerprint density at radius 2 is 2.07 bits per heavy atom. The van der Waals surface area contributed by atoms with Gasteiger partial charge in [0, 0.05) is 48.4 Å². The topological polar surface area (TPSA) is 88.9 Å². The van der Waals surface area contributed by atoms with Gasteiger partial charge in [0.15, 0.2) is 0 Å². The van der Waals surface area contributed by atoms with E-state index in [0.29, 0.717) is 23.2 Å². The summed E-state index contributed by atoms with van der Waals surface area (Å²) in [5.74, 6) is 0.794. The number of hydrogen-bond donors (Lipinski definition) is 2. The van der Waals surface area contributed by atoms with E-state index in [1.54, 1.807) is 6.20 Å². The molecule has 0 saturated heterocycles. The molecule has 1 fully saturated rings. The first-order chi connectivity index (χ1) is 13.9. The minimum atomic E-state index is -0.136. The number of amides is 2. The number of carbonyl (C=O) groups is 2. The van der Waals surface area contributed by atoms with E-state index >= 15 is 0 Å². The van der Waals surface area contributed by atoms with Crippen molar-refractivity contribution in [3.8, 4) is 11.1 Å². The molecule has 2 amide bonds. The number of halogens is 1. The lowest BCUT2D eigenvalue weighted by Crippen LogP contribution is -2.40. The third-order valence-corrected chi connectivity index (χ3v) is 6.13. The molecule has 2 aromatic heterocycles. The van der Waals surface area contributed by atoms with Crippen molar-refractivity contribution in [2.45, 2.75) is 58.5 Å². The standard InChI is InChI=1S/C21H26ClN5O2/c1-12-6-19-17(9-24-27(19)11-12)16-8-20(23-10-18(16)22)26-21(29)14-4-3-5-15(7-14)25-13(2)28/h8-10,12,14-15H,3-7,11H2,1-2H3,(H,25,28)(H,23,26,29)/t12?,14-,15?/m0/s1. The first-order valence-electron chi connectivity index (χ1n) is 10.2. The zero-order valence-corrected chi connectivity index (χ0v) is 17.5. The summed E-state index contributed by atoms with van der Waals surface area (Å²) >= 11 is 6.43. The van der Waals surface area contributed by atoms with Gasteiger partial charge in [-0.15, -0.1) is 0 Å². The number of aromatic nitrogens is 3. The molecule has 0 aromatic carbocycles. The Labute approximate surface area is 175 Å². The van der Waals surface area contributed by atoms with Gasteiger partial charge in [0.2, 0.25) is 11.8 Å². The molecule has 3 atom stereocenters. The Hall–Kier alpha value is -2.41. The van der Waals surface area contributed by atoms with E-state index < -0.39 is 0 Å². The highest BCUT2D eigenvalue weighted by molar-refractivity contribution is 6.33. The molecule has 8 heteroatoms. The van der Waals surface area contributed by atoms with Gasteiger partial charge < -0.3 is 10.6 Å². The van der Waals surface area contributed by atoms with Gasteiger partial charge in [-0.25, -0.2) is 4.98 Å². The normalized spacial score (nSPS) is 23.5. The maximum absolute atomic E-state index is 12.8. The molecule has 29 heavy (non-hydrogen) atoms. The van der Waals surface area contributed by atoms with E-state index in [1.807, 2.05) is 16.9 Å².